The van der Waals surface area contributed by atoms with Crippen molar-refractivity contribution >= 4 is 28.6 Å². The highest BCUT2D eigenvalue weighted by molar-refractivity contribution is 7.07. The molecule has 2 aromatic carbocycles. The minimum absolute atomic E-state index is 0.0672. The number of thiazole rings is 1. The van der Waals surface area contributed by atoms with Crippen molar-refractivity contribution in [1.29, 1.82) is 0 Å². The van der Waals surface area contributed by atoms with E-state index in [-0.39, 0.29) is 12.5 Å². The number of amides is 1. The first-order valence-corrected chi connectivity index (χ1v) is 9.90. The molecule has 4 rings (SSSR count). The van der Waals surface area contributed by atoms with Crippen LogP contribution >= 0.6 is 11.3 Å². The minimum atomic E-state index is -0.125. The molecule has 6 heteroatoms. The number of hydrogen-bond donors (Lipinski definition) is 1. The summed E-state index contributed by atoms with van der Waals surface area (Å²) in [6.07, 6.45) is 0.997. The second kappa shape index (κ2) is 7.40. The van der Waals surface area contributed by atoms with Crippen molar-refractivity contribution in [3.8, 4) is 17.0 Å². The van der Waals surface area contributed by atoms with Crippen LogP contribution in [0.2, 0.25) is 0 Å². The van der Waals surface area contributed by atoms with Gasteiger partial charge in [0.2, 0.25) is 0 Å². The summed E-state index contributed by atoms with van der Waals surface area (Å²) >= 11 is 1.63. The fourth-order valence-electron chi connectivity index (χ4n) is 3.08. The molecule has 1 atom stereocenters. The summed E-state index contributed by atoms with van der Waals surface area (Å²) in [6.45, 7) is 4.44. The second-order valence-electron chi connectivity index (χ2n) is 6.53. The zero-order valence-corrected chi connectivity index (χ0v) is 16.1. The lowest BCUT2D eigenvalue weighted by molar-refractivity contribution is -0.118. The van der Waals surface area contributed by atoms with Crippen molar-refractivity contribution in [2.24, 2.45) is 4.99 Å². The highest BCUT2D eigenvalue weighted by atomic mass is 32.1. The number of ether oxygens (including phenoxy) is 1. The number of nitrogens with one attached hydrogen (secondary N) is 1. The van der Waals surface area contributed by atoms with Gasteiger partial charge in [0.15, 0.2) is 11.4 Å². The van der Waals surface area contributed by atoms with Gasteiger partial charge in [0.1, 0.15) is 5.75 Å². The summed E-state index contributed by atoms with van der Waals surface area (Å²) in [7, 11) is 0. The van der Waals surface area contributed by atoms with Gasteiger partial charge in [-0.3, -0.25) is 4.79 Å². The van der Waals surface area contributed by atoms with Crippen molar-refractivity contribution < 1.29 is 9.53 Å². The molecule has 138 valence electrons. The minimum Gasteiger partial charge on any atom is -0.482 e. The Balaban J connectivity index is 1.83. The van der Waals surface area contributed by atoms with E-state index in [0.29, 0.717) is 17.5 Å². The van der Waals surface area contributed by atoms with Gasteiger partial charge in [-0.1, -0.05) is 25.1 Å². The molecule has 1 aliphatic rings. The number of carbonyl (C=O) groups is 1. The van der Waals surface area contributed by atoms with Gasteiger partial charge >= 0.3 is 0 Å². The molecule has 2 heterocycles. The van der Waals surface area contributed by atoms with Gasteiger partial charge in [0, 0.05) is 17.0 Å². The predicted molar refractivity (Wildman–Crippen MR) is 109 cm³/mol. The Morgan fingerprint density at radius 3 is 2.85 bits per heavy atom. The molecule has 0 fully saturated rings. The van der Waals surface area contributed by atoms with Crippen molar-refractivity contribution in [2.45, 2.75) is 26.3 Å². The molecular formula is C21H21N3O2S. The molecule has 0 aliphatic carbocycles. The van der Waals surface area contributed by atoms with Crippen molar-refractivity contribution in [3.05, 3.63) is 58.7 Å². The van der Waals surface area contributed by atoms with E-state index < -0.39 is 0 Å². The average Bonchev–Trinajstić information content (AvgIpc) is 3.11. The fourth-order valence-corrected chi connectivity index (χ4v) is 4.09. The van der Waals surface area contributed by atoms with Crippen LogP contribution in [0.4, 0.5) is 11.4 Å². The van der Waals surface area contributed by atoms with E-state index >= 15 is 0 Å². The molecule has 1 aromatic heterocycles. The maximum absolute atomic E-state index is 11.6. The van der Waals surface area contributed by atoms with Gasteiger partial charge in [-0.2, -0.15) is 0 Å². The molecule has 0 saturated carbocycles. The van der Waals surface area contributed by atoms with Crippen molar-refractivity contribution in [1.82, 2.24) is 4.57 Å². The Kier molecular flexibility index (Phi) is 4.81. The van der Waals surface area contributed by atoms with Gasteiger partial charge in [0.25, 0.3) is 5.91 Å². The van der Waals surface area contributed by atoms with Gasteiger partial charge in [0.05, 0.1) is 17.1 Å². The molecular weight excluding hydrogens is 358 g/mol. The van der Waals surface area contributed by atoms with E-state index in [4.69, 9.17) is 9.73 Å². The van der Waals surface area contributed by atoms with Crippen molar-refractivity contribution in [2.75, 3.05) is 11.9 Å². The third-order valence-electron chi connectivity index (χ3n) is 4.66. The van der Waals surface area contributed by atoms with Crippen LogP contribution in [0.1, 0.15) is 26.3 Å². The number of aromatic nitrogens is 1. The number of hydrogen-bond acceptors (Lipinski definition) is 4. The van der Waals surface area contributed by atoms with Crippen LogP contribution in [0.5, 0.6) is 5.75 Å². The van der Waals surface area contributed by atoms with Gasteiger partial charge in [-0.25, -0.2) is 4.99 Å². The number of anilines is 1. The number of para-hydroxylation sites is 1. The first-order chi connectivity index (χ1) is 13.2. The topological polar surface area (TPSA) is 55.6 Å². The number of benzene rings is 2. The molecule has 1 N–H and O–H groups in total. The van der Waals surface area contributed by atoms with Gasteiger partial charge in [-0.15, -0.1) is 11.3 Å². The van der Waals surface area contributed by atoms with E-state index in [1.54, 1.807) is 11.3 Å². The maximum atomic E-state index is 11.6. The SMILES string of the molecule is CCC(C)n1c(-c2ccc3c(c2)NC(=O)CO3)csc1=Nc1ccccc1. The Morgan fingerprint density at radius 1 is 1.26 bits per heavy atom. The zero-order valence-electron chi connectivity index (χ0n) is 15.3. The van der Waals surface area contributed by atoms with Crippen LogP contribution in [-0.2, 0) is 4.79 Å². The second-order valence-corrected chi connectivity index (χ2v) is 7.36. The lowest BCUT2D eigenvalue weighted by atomic mass is 10.1. The average molecular weight is 379 g/mol. The van der Waals surface area contributed by atoms with E-state index in [2.05, 4.69) is 29.1 Å². The number of fused-ring (bicyclic) bond motifs is 1. The lowest BCUT2D eigenvalue weighted by Crippen LogP contribution is -2.25. The van der Waals surface area contributed by atoms with Crippen LogP contribution in [0.25, 0.3) is 11.3 Å². The quantitative estimate of drug-likeness (QED) is 0.711. The lowest BCUT2D eigenvalue weighted by Gasteiger charge is -2.20. The van der Waals surface area contributed by atoms with E-state index in [0.717, 1.165) is 28.2 Å². The first-order valence-electron chi connectivity index (χ1n) is 9.02. The Morgan fingerprint density at radius 2 is 2.07 bits per heavy atom. The molecule has 1 aliphatic heterocycles. The first kappa shape index (κ1) is 17.5. The predicted octanol–water partition coefficient (Wildman–Crippen LogP) is 4.75. The highest BCUT2D eigenvalue weighted by Crippen LogP contribution is 2.34. The molecule has 0 spiro atoms. The van der Waals surface area contributed by atoms with E-state index in [1.807, 2.05) is 48.5 Å². The summed E-state index contributed by atoms with van der Waals surface area (Å²) < 4.78 is 7.74. The number of rotatable bonds is 4. The maximum Gasteiger partial charge on any atom is 0.262 e. The zero-order chi connectivity index (χ0) is 18.8. The molecule has 3 aromatic rings. The summed E-state index contributed by atoms with van der Waals surface area (Å²) in [6, 6.07) is 16.2. The van der Waals surface area contributed by atoms with Gasteiger partial charge in [-0.05, 0) is 43.7 Å². The number of carbonyl (C=O) groups excluding carboxylic acids is 1. The summed E-state index contributed by atoms with van der Waals surface area (Å²) in [5.41, 5.74) is 3.78. The van der Waals surface area contributed by atoms with Crippen LogP contribution in [-0.4, -0.2) is 17.1 Å². The highest BCUT2D eigenvalue weighted by Gasteiger charge is 2.19. The Bertz CT molecular complexity index is 1040. The van der Waals surface area contributed by atoms with Crippen LogP contribution in [0.3, 0.4) is 0 Å². The van der Waals surface area contributed by atoms with Crippen molar-refractivity contribution in [3.63, 3.8) is 0 Å². The molecule has 0 bridgehead atoms. The van der Waals surface area contributed by atoms with Crippen LogP contribution < -0.4 is 14.9 Å². The molecule has 0 saturated heterocycles. The third-order valence-corrected chi connectivity index (χ3v) is 5.50. The Hall–Kier alpha value is -2.86. The van der Waals surface area contributed by atoms with Gasteiger partial charge < -0.3 is 14.6 Å². The molecule has 27 heavy (non-hydrogen) atoms. The molecule has 1 unspecified atom stereocenters. The molecule has 5 nitrogen and oxygen atoms in total. The largest absolute Gasteiger partial charge is 0.482 e. The smallest absolute Gasteiger partial charge is 0.262 e. The van der Waals surface area contributed by atoms with E-state index in [9.17, 15) is 4.79 Å². The fraction of sp³-hybridized carbons (Fsp3) is 0.238. The molecule has 1 amide bonds. The van der Waals surface area contributed by atoms with Crippen LogP contribution in [0.15, 0.2) is 58.9 Å². The summed E-state index contributed by atoms with van der Waals surface area (Å²) in [4.78, 5) is 17.5. The monoisotopic (exact) mass is 379 g/mol. The standard InChI is InChI=1S/C21H21N3O2S/c1-3-14(2)24-18(13-27-21(24)22-16-7-5-4-6-8-16)15-9-10-19-17(11-15)23-20(25)12-26-19/h4-11,13-14H,3,12H2,1-2H3,(H,23,25). The normalized spacial score (nSPS) is 15.0. The van der Waals surface area contributed by atoms with Crippen LogP contribution in [0, 0.1) is 0 Å². The van der Waals surface area contributed by atoms with E-state index in [1.165, 1.54) is 0 Å². The Labute approximate surface area is 162 Å². The number of nitrogens with zero attached hydrogens (tertiary/aromatic N) is 2. The molecule has 0 radical (unpaired) electrons. The summed E-state index contributed by atoms with van der Waals surface area (Å²) in [5, 5.41) is 5.01. The third kappa shape index (κ3) is 3.53. The summed E-state index contributed by atoms with van der Waals surface area (Å²) in [5.74, 6) is 0.581.